The minimum absolute atomic E-state index is 0.250. The first-order valence-electron chi connectivity index (χ1n) is 11.4. The molecular formula is C24H38N2O5. The molecule has 1 saturated carbocycles. The van der Waals surface area contributed by atoms with E-state index < -0.39 is 0 Å². The van der Waals surface area contributed by atoms with Gasteiger partial charge in [0.25, 0.3) is 12.9 Å². The number of aliphatic hydroxyl groups is 1. The van der Waals surface area contributed by atoms with Crippen LogP contribution in [0.5, 0.6) is 0 Å². The standard InChI is InChI=1S/C22H34N2O.2CH2O2/c1-2-22(25)12-6-9-19-16-24(17-21(19)22)20-10-13-23(14-11-20)15-18-7-4-3-5-8-18;2*2-1-3/h3-5,7-8,19-21,25H,2,6,9-17H2,1H3;2*1H,(H,2,3)/t19-,21+,22-;;/m0../s1. The molecule has 0 unspecified atom stereocenters. The summed E-state index contributed by atoms with van der Waals surface area (Å²) in [5.74, 6) is 1.26. The summed E-state index contributed by atoms with van der Waals surface area (Å²) in [6.45, 7) is 7.56. The van der Waals surface area contributed by atoms with Gasteiger partial charge in [-0.15, -0.1) is 0 Å². The normalized spacial score (nSPS) is 29.0. The van der Waals surface area contributed by atoms with E-state index in [4.69, 9.17) is 19.8 Å². The first-order chi connectivity index (χ1) is 15.0. The number of likely N-dealkylation sites (tertiary alicyclic amines) is 2. The van der Waals surface area contributed by atoms with Crippen LogP contribution in [0.2, 0.25) is 0 Å². The molecule has 1 aromatic rings. The highest BCUT2D eigenvalue weighted by Gasteiger charge is 2.48. The van der Waals surface area contributed by atoms with Crippen LogP contribution in [0.3, 0.4) is 0 Å². The number of nitrogens with zero attached hydrogens (tertiary/aromatic N) is 2. The summed E-state index contributed by atoms with van der Waals surface area (Å²) in [6, 6.07) is 11.6. The fourth-order valence-electron chi connectivity index (χ4n) is 5.68. The maximum absolute atomic E-state index is 11.0. The van der Waals surface area contributed by atoms with Gasteiger partial charge in [0.1, 0.15) is 0 Å². The zero-order valence-electron chi connectivity index (χ0n) is 18.6. The van der Waals surface area contributed by atoms with Gasteiger partial charge in [0, 0.05) is 31.6 Å². The Hall–Kier alpha value is -1.96. The van der Waals surface area contributed by atoms with Crippen molar-refractivity contribution in [1.29, 1.82) is 0 Å². The van der Waals surface area contributed by atoms with Crippen molar-refractivity contribution < 1.29 is 24.9 Å². The minimum atomic E-state index is -0.383. The monoisotopic (exact) mass is 434 g/mol. The molecule has 0 amide bonds. The van der Waals surface area contributed by atoms with Crippen molar-refractivity contribution in [3.63, 3.8) is 0 Å². The molecule has 3 aliphatic rings. The van der Waals surface area contributed by atoms with Gasteiger partial charge in [0.2, 0.25) is 0 Å². The van der Waals surface area contributed by atoms with Crippen molar-refractivity contribution in [1.82, 2.24) is 9.80 Å². The molecule has 2 saturated heterocycles. The van der Waals surface area contributed by atoms with E-state index in [1.165, 1.54) is 50.9 Å². The van der Waals surface area contributed by atoms with E-state index in [2.05, 4.69) is 47.1 Å². The number of hydrogen-bond donors (Lipinski definition) is 3. The van der Waals surface area contributed by atoms with Gasteiger partial charge >= 0.3 is 0 Å². The third kappa shape index (κ3) is 7.02. The van der Waals surface area contributed by atoms with Gasteiger partial charge in [0.15, 0.2) is 0 Å². The molecule has 2 heterocycles. The summed E-state index contributed by atoms with van der Waals surface area (Å²) in [4.78, 5) is 22.1. The van der Waals surface area contributed by atoms with Gasteiger partial charge in [0.05, 0.1) is 5.60 Å². The van der Waals surface area contributed by atoms with Crippen LogP contribution in [0, 0.1) is 11.8 Å². The predicted octanol–water partition coefficient (Wildman–Crippen LogP) is 2.93. The number of piperidine rings is 1. The number of hydrogen-bond acceptors (Lipinski definition) is 5. The molecule has 2 aliphatic heterocycles. The topological polar surface area (TPSA) is 101 Å². The third-order valence-corrected chi connectivity index (χ3v) is 7.28. The van der Waals surface area contributed by atoms with E-state index in [0.29, 0.717) is 5.92 Å². The third-order valence-electron chi connectivity index (χ3n) is 7.28. The van der Waals surface area contributed by atoms with E-state index in [0.717, 1.165) is 37.9 Å². The molecule has 0 bridgehead atoms. The van der Waals surface area contributed by atoms with E-state index in [-0.39, 0.29) is 18.5 Å². The second-order valence-electron chi connectivity index (χ2n) is 8.87. The van der Waals surface area contributed by atoms with E-state index in [1.807, 2.05) is 0 Å². The lowest BCUT2D eigenvalue weighted by Crippen LogP contribution is -2.46. The molecule has 4 rings (SSSR count). The van der Waals surface area contributed by atoms with Crippen LogP contribution in [0.4, 0.5) is 0 Å². The highest BCUT2D eigenvalue weighted by atomic mass is 16.3. The highest BCUT2D eigenvalue weighted by Crippen LogP contribution is 2.45. The minimum Gasteiger partial charge on any atom is -0.483 e. The number of benzene rings is 1. The fourth-order valence-corrected chi connectivity index (χ4v) is 5.68. The van der Waals surface area contributed by atoms with Crippen LogP contribution in [0.25, 0.3) is 0 Å². The second kappa shape index (κ2) is 12.8. The maximum atomic E-state index is 11.0. The molecule has 0 radical (unpaired) electrons. The smallest absolute Gasteiger partial charge is 0.290 e. The highest BCUT2D eigenvalue weighted by molar-refractivity contribution is 5.33. The average Bonchev–Trinajstić information content (AvgIpc) is 3.22. The Morgan fingerprint density at radius 1 is 1.03 bits per heavy atom. The Balaban J connectivity index is 0.000000513. The van der Waals surface area contributed by atoms with Gasteiger partial charge in [-0.25, -0.2) is 0 Å². The first-order valence-corrected chi connectivity index (χ1v) is 11.4. The predicted molar refractivity (Wildman–Crippen MR) is 120 cm³/mol. The molecule has 0 spiro atoms. The summed E-state index contributed by atoms with van der Waals surface area (Å²) in [5, 5.41) is 24.8. The quantitative estimate of drug-likeness (QED) is 0.626. The van der Waals surface area contributed by atoms with Crippen LogP contribution in [0.1, 0.15) is 51.0 Å². The summed E-state index contributed by atoms with van der Waals surface area (Å²) in [5.41, 5.74) is 1.05. The molecule has 3 N–H and O–H groups in total. The molecular weight excluding hydrogens is 396 g/mol. The summed E-state index contributed by atoms with van der Waals surface area (Å²) in [7, 11) is 0. The lowest BCUT2D eigenvalue weighted by atomic mass is 9.69. The maximum Gasteiger partial charge on any atom is 0.290 e. The van der Waals surface area contributed by atoms with Crippen molar-refractivity contribution in [2.75, 3.05) is 26.2 Å². The van der Waals surface area contributed by atoms with Crippen LogP contribution >= 0.6 is 0 Å². The Labute approximate surface area is 185 Å². The first kappa shape index (κ1) is 25.3. The van der Waals surface area contributed by atoms with Crippen molar-refractivity contribution in [2.24, 2.45) is 11.8 Å². The SMILES string of the molecule is CC[C@]1(O)CCC[C@H]2CN(C3CCN(Cc4ccccc4)CC3)C[C@H]21.O=CO.O=CO. The number of rotatable bonds is 4. The van der Waals surface area contributed by atoms with Gasteiger partial charge < -0.3 is 15.3 Å². The largest absolute Gasteiger partial charge is 0.483 e. The summed E-state index contributed by atoms with van der Waals surface area (Å²) in [6.07, 6.45) is 7.07. The van der Waals surface area contributed by atoms with Crippen molar-refractivity contribution in [3.05, 3.63) is 35.9 Å². The van der Waals surface area contributed by atoms with Crippen molar-refractivity contribution in [2.45, 2.75) is 63.6 Å². The molecule has 174 valence electrons. The van der Waals surface area contributed by atoms with Gasteiger partial charge in [-0.1, -0.05) is 43.7 Å². The van der Waals surface area contributed by atoms with Crippen LogP contribution in [0.15, 0.2) is 30.3 Å². The lowest BCUT2D eigenvalue weighted by Gasteiger charge is -2.41. The Bertz CT molecular complexity index is 645. The van der Waals surface area contributed by atoms with E-state index >= 15 is 0 Å². The molecule has 7 nitrogen and oxygen atoms in total. The molecule has 0 aromatic heterocycles. The Morgan fingerprint density at radius 2 is 1.65 bits per heavy atom. The molecule has 3 atom stereocenters. The fraction of sp³-hybridized carbons (Fsp3) is 0.667. The molecule has 1 aromatic carbocycles. The summed E-state index contributed by atoms with van der Waals surface area (Å²) < 4.78 is 0. The molecule has 7 heteroatoms. The average molecular weight is 435 g/mol. The van der Waals surface area contributed by atoms with E-state index in [9.17, 15) is 5.11 Å². The number of carbonyl (C=O) groups is 2. The number of fused-ring (bicyclic) bond motifs is 1. The lowest BCUT2D eigenvalue weighted by molar-refractivity contribution is -0.123. The van der Waals surface area contributed by atoms with Gasteiger partial charge in [-0.05, 0) is 56.7 Å². The van der Waals surface area contributed by atoms with E-state index in [1.54, 1.807) is 0 Å². The van der Waals surface area contributed by atoms with Crippen LogP contribution < -0.4 is 0 Å². The van der Waals surface area contributed by atoms with Crippen LogP contribution in [-0.2, 0) is 16.1 Å². The molecule has 1 aliphatic carbocycles. The molecule has 3 fully saturated rings. The van der Waals surface area contributed by atoms with Crippen molar-refractivity contribution >= 4 is 12.9 Å². The Morgan fingerprint density at radius 3 is 2.23 bits per heavy atom. The van der Waals surface area contributed by atoms with Gasteiger partial charge in [-0.2, -0.15) is 0 Å². The summed E-state index contributed by atoms with van der Waals surface area (Å²) >= 11 is 0. The van der Waals surface area contributed by atoms with Gasteiger partial charge in [-0.3, -0.25) is 19.4 Å². The number of carboxylic acid groups (broad SMARTS) is 2. The Kier molecular flexibility index (Phi) is 10.4. The zero-order valence-corrected chi connectivity index (χ0v) is 18.6. The zero-order chi connectivity index (χ0) is 22.7. The second-order valence-corrected chi connectivity index (χ2v) is 8.87. The van der Waals surface area contributed by atoms with Crippen molar-refractivity contribution in [3.8, 4) is 0 Å². The molecule has 31 heavy (non-hydrogen) atoms. The van der Waals surface area contributed by atoms with Crippen LogP contribution in [-0.4, -0.2) is 75.9 Å².